The molecule has 0 aliphatic carbocycles. The van der Waals surface area contributed by atoms with Crippen molar-refractivity contribution in [3.63, 3.8) is 0 Å². The number of carbonyl (C=O) groups is 2. The fourth-order valence-corrected chi connectivity index (χ4v) is 3.74. The van der Waals surface area contributed by atoms with Crippen molar-refractivity contribution in [1.29, 1.82) is 0 Å². The summed E-state index contributed by atoms with van der Waals surface area (Å²) < 4.78 is 0. The molecule has 1 heterocycles. The van der Waals surface area contributed by atoms with E-state index in [4.69, 9.17) is 0 Å². The summed E-state index contributed by atoms with van der Waals surface area (Å²) in [6.45, 7) is 8.07. The summed E-state index contributed by atoms with van der Waals surface area (Å²) >= 11 is 0. The summed E-state index contributed by atoms with van der Waals surface area (Å²) in [5.41, 5.74) is 3.02. The lowest BCUT2D eigenvalue weighted by molar-refractivity contribution is -0.139. The number of hydrogen-bond donors (Lipinski definition) is 0. The topological polar surface area (TPSA) is 40.6 Å². The molecule has 0 N–H and O–H groups in total. The minimum absolute atomic E-state index is 0.00631. The summed E-state index contributed by atoms with van der Waals surface area (Å²) in [4.78, 5) is 29.7. The van der Waals surface area contributed by atoms with E-state index in [-0.39, 0.29) is 23.8 Å². The number of piperidine rings is 1. The molecule has 4 heteroatoms. The van der Waals surface area contributed by atoms with Gasteiger partial charge in [0.25, 0.3) is 5.91 Å². The van der Waals surface area contributed by atoms with Crippen LogP contribution in [0.1, 0.15) is 48.2 Å². The maximum atomic E-state index is 13.2. The van der Waals surface area contributed by atoms with Gasteiger partial charge in [0.05, 0.1) is 0 Å². The first kappa shape index (κ1) is 20.1. The SMILES string of the molecule is Cc1ccc(C(=O)N2CCC(C(=O)N(Cc3ccccc3)C(C)C)CC2)cc1. The molecule has 2 amide bonds. The van der Waals surface area contributed by atoms with Crippen LogP contribution in [0.25, 0.3) is 0 Å². The minimum Gasteiger partial charge on any atom is -0.339 e. The predicted octanol–water partition coefficient (Wildman–Crippen LogP) is 4.28. The zero-order valence-corrected chi connectivity index (χ0v) is 17.1. The monoisotopic (exact) mass is 378 g/mol. The van der Waals surface area contributed by atoms with E-state index in [1.54, 1.807) is 0 Å². The normalized spacial score (nSPS) is 14.9. The number of amides is 2. The molecule has 0 unspecified atom stereocenters. The van der Waals surface area contributed by atoms with Crippen LogP contribution < -0.4 is 0 Å². The Kier molecular flexibility index (Phi) is 6.50. The van der Waals surface area contributed by atoms with Crippen molar-refractivity contribution in [3.05, 3.63) is 71.3 Å². The molecule has 4 nitrogen and oxygen atoms in total. The van der Waals surface area contributed by atoms with Crippen LogP contribution in [0.3, 0.4) is 0 Å². The van der Waals surface area contributed by atoms with Crippen LogP contribution in [-0.2, 0) is 11.3 Å². The summed E-state index contributed by atoms with van der Waals surface area (Å²) in [5, 5.41) is 0. The Morgan fingerprint density at radius 2 is 1.61 bits per heavy atom. The molecule has 0 spiro atoms. The number of benzene rings is 2. The van der Waals surface area contributed by atoms with E-state index < -0.39 is 0 Å². The van der Waals surface area contributed by atoms with Crippen molar-refractivity contribution < 1.29 is 9.59 Å². The highest BCUT2D eigenvalue weighted by molar-refractivity contribution is 5.94. The van der Waals surface area contributed by atoms with Crippen LogP contribution in [0, 0.1) is 12.8 Å². The average molecular weight is 379 g/mol. The van der Waals surface area contributed by atoms with Crippen molar-refractivity contribution >= 4 is 11.8 Å². The van der Waals surface area contributed by atoms with Gasteiger partial charge in [0.2, 0.25) is 5.91 Å². The molecule has 148 valence electrons. The van der Waals surface area contributed by atoms with Crippen LogP contribution in [0.2, 0.25) is 0 Å². The maximum absolute atomic E-state index is 13.2. The van der Waals surface area contributed by atoms with Gasteiger partial charge in [-0.05, 0) is 51.3 Å². The lowest BCUT2D eigenvalue weighted by Crippen LogP contribution is -2.46. The van der Waals surface area contributed by atoms with Crippen LogP contribution in [-0.4, -0.2) is 40.7 Å². The van der Waals surface area contributed by atoms with E-state index in [9.17, 15) is 9.59 Å². The second kappa shape index (κ2) is 9.05. The Hall–Kier alpha value is -2.62. The number of aryl methyl sites for hydroxylation is 1. The van der Waals surface area contributed by atoms with Crippen LogP contribution in [0.5, 0.6) is 0 Å². The lowest BCUT2D eigenvalue weighted by Gasteiger charge is -2.36. The van der Waals surface area contributed by atoms with E-state index >= 15 is 0 Å². The Morgan fingerprint density at radius 1 is 1.00 bits per heavy atom. The fourth-order valence-electron chi connectivity index (χ4n) is 3.74. The Bertz CT molecular complexity index is 791. The van der Waals surface area contributed by atoms with Gasteiger partial charge in [-0.2, -0.15) is 0 Å². The molecule has 1 saturated heterocycles. The van der Waals surface area contributed by atoms with E-state index in [1.807, 2.05) is 59.2 Å². The second-order valence-corrected chi connectivity index (χ2v) is 7.98. The molecule has 0 saturated carbocycles. The molecule has 1 fully saturated rings. The van der Waals surface area contributed by atoms with Crippen molar-refractivity contribution in [2.75, 3.05) is 13.1 Å². The summed E-state index contributed by atoms with van der Waals surface area (Å²) in [5.74, 6) is 0.269. The number of carbonyl (C=O) groups excluding carboxylic acids is 2. The van der Waals surface area contributed by atoms with Gasteiger partial charge in [-0.3, -0.25) is 9.59 Å². The number of rotatable bonds is 5. The van der Waals surface area contributed by atoms with E-state index in [2.05, 4.69) is 26.0 Å². The van der Waals surface area contributed by atoms with Crippen molar-refractivity contribution in [3.8, 4) is 0 Å². The molecular formula is C24H30N2O2. The molecule has 1 aliphatic heterocycles. The highest BCUT2D eigenvalue weighted by Crippen LogP contribution is 2.23. The molecule has 0 radical (unpaired) electrons. The van der Waals surface area contributed by atoms with Crippen molar-refractivity contribution in [1.82, 2.24) is 9.80 Å². The molecule has 1 aliphatic rings. The summed E-state index contributed by atoms with van der Waals surface area (Å²) in [7, 11) is 0. The van der Waals surface area contributed by atoms with Crippen molar-refractivity contribution in [2.24, 2.45) is 5.92 Å². The highest BCUT2D eigenvalue weighted by atomic mass is 16.2. The Balaban J connectivity index is 1.60. The number of hydrogen-bond acceptors (Lipinski definition) is 2. The Labute approximate surface area is 168 Å². The lowest BCUT2D eigenvalue weighted by atomic mass is 9.94. The van der Waals surface area contributed by atoms with Gasteiger partial charge in [-0.15, -0.1) is 0 Å². The van der Waals surface area contributed by atoms with Gasteiger partial charge in [-0.1, -0.05) is 48.0 Å². The number of likely N-dealkylation sites (tertiary alicyclic amines) is 1. The molecule has 2 aromatic rings. The van der Waals surface area contributed by atoms with Crippen LogP contribution >= 0.6 is 0 Å². The molecule has 0 atom stereocenters. The fraction of sp³-hybridized carbons (Fsp3) is 0.417. The zero-order chi connectivity index (χ0) is 20.1. The standard InChI is InChI=1S/C24H30N2O2/c1-18(2)26(17-20-7-5-4-6-8-20)24(28)22-13-15-25(16-14-22)23(27)21-11-9-19(3)10-12-21/h4-12,18,22H,13-17H2,1-3H3. The van der Waals surface area contributed by atoms with E-state index in [1.165, 1.54) is 0 Å². The average Bonchev–Trinajstić information content (AvgIpc) is 2.72. The maximum Gasteiger partial charge on any atom is 0.253 e. The first-order valence-electron chi connectivity index (χ1n) is 10.2. The van der Waals surface area contributed by atoms with Gasteiger partial charge >= 0.3 is 0 Å². The first-order valence-corrected chi connectivity index (χ1v) is 10.2. The second-order valence-electron chi connectivity index (χ2n) is 7.98. The van der Waals surface area contributed by atoms with Gasteiger partial charge in [0.15, 0.2) is 0 Å². The van der Waals surface area contributed by atoms with Crippen molar-refractivity contribution in [2.45, 2.75) is 46.2 Å². The molecular weight excluding hydrogens is 348 g/mol. The van der Waals surface area contributed by atoms with Gasteiger partial charge in [0, 0.05) is 37.2 Å². The molecule has 2 aromatic carbocycles. The summed E-state index contributed by atoms with van der Waals surface area (Å²) in [6.07, 6.45) is 1.46. The van der Waals surface area contributed by atoms with Crippen LogP contribution in [0.4, 0.5) is 0 Å². The molecule has 28 heavy (non-hydrogen) atoms. The molecule has 3 rings (SSSR count). The van der Waals surface area contributed by atoms with E-state index in [0.717, 1.165) is 29.5 Å². The highest BCUT2D eigenvalue weighted by Gasteiger charge is 2.31. The minimum atomic E-state index is -0.00631. The van der Waals surface area contributed by atoms with Crippen LogP contribution in [0.15, 0.2) is 54.6 Å². The first-order chi connectivity index (χ1) is 13.5. The third kappa shape index (κ3) is 4.80. The predicted molar refractivity (Wildman–Crippen MR) is 112 cm³/mol. The molecule has 0 bridgehead atoms. The van der Waals surface area contributed by atoms with Gasteiger partial charge in [0.1, 0.15) is 0 Å². The molecule has 0 aromatic heterocycles. The Morgan fingerprint density at radius 3 is 2.18 bits per heavy atom. The van der Waals surface area contributed by atoms with Gasteiger partial charge < -0.3 is 9.80 Å². The third-order valence-electron chi connectivity index (χ3n) is 5.53. The zero-order valence-electron chi connectivity index (χ0n) is 17.1. The summed E-state index contributed by atoms with van der Waals surface area (Å²) in [6, 6.07) is 18.0. The largest absolute Gasteiger partial charge is 0.339 e. The third-order valence-corrected chi connectivity index (χ3v) is 5.53. The van der Waals surface area contributed by atoms with E-state index in [0.29, 0.717) is 19.6 Å². The van der Waals surface area contributed by atoms with Gasteiger partial charge in [-0.25, -0.2) is 0 Å². The number of nitrogens with zero attached hydrogens (tertiary/aromatic N) is 2. The quantitative estimate of drug-likeness (QED) is 0.779. The smallest absolute Gasteiger partial charge is 0.253 e.